The van der Waals surface area contributed by atoms with Crippen LogP contribution in [0, 0.1) is 11.8 Å². The summed E-state index contributed by atoms with van der Waals surface area (Å²) in [5.74, 6) is 4.63. The number of aliphatic hydroxyl groups is 1. The molecule has 23 heavy (non-hydrogen) atoms. The van der Waals surface area contributed by atoms with Gasteiger partial charge >= 0.3 is 5.97 Å². The van der Waals surface area contributed by atoms with Crippen LogP contribution in [-0.2, 0) is 14.0 Å². The average molecular weight is 341 g/mol. The van der Waals surface area contributed by atoms with Crippen molar-refractivity contribution in [2.75, 3.05) is 13.7 Å². The SMILES string of the molecule is CC/C(=C/CCC#CC(=O)OC)[C@H](O)CO[Si](C)(C)C(C)(C)C. The molecule has 0 bridgehead atoms. The first kappa shape index (κ1) is 21.9. The van der Waals surface area contributed by atoms with Crippen molar-refractivity contribution in [1.82, 2.24) is 0 Å². The molecule has 0 spiro atoms. The number of aliphatic hydroxyl groups excluding tert-OH is 1. The molecule has 0 aliphatic heterocycles. The first-order valence-electron chi connectivity index (χ1n) is 8.13. The summed E-state index contributed by atoms with van der Waals surface area (Å²) in [6.45, 7) is 13.3. The lowest BCUT2D eigenvalue weighted by Crippen LogP contribution is -2.42. The molecule has 0 amide bonds. The van der Waals surface area contributed by atoms with E-state index in [0.29, 0.717) is 19.4 Å². The number of ether oxygens (including phenoxy) is 1. The summed E-state index contributed by atoms with van der Waals surface area (Å²) in [5, 5.41) is 10.5. The quantitative estimate of drug-likeness (QED) is 0.192. The molecule has 4 nitrogen and oxygen atoms in total. The molecule has 0 rings (SSSR count). The van der Waals surface area contributed by atoms with Crippen LogP contribution in [0.25, 0.3) is 0 Å². The number of unbranched alkanes of at least 4 members (excludes halogenated alkanes) is 1. The fourth-order valence-electron chi connectivity index (χ4n) is 1.64. The number of carbonyl (C=O) groups is 1. The van der Waals surface area contributed by atoms with Gasteiger partial charge in [0, 0.05) is 12.3 Å². The van der Waals surface area contributed by atoms with Gasteiger partial charge in [0.2, 0.25) is 0 Å². The predicted octanol–water partition coefficient (Wildman–Crippen LogP) is 3.66. The van der Waals surface area contributed by atoms with Crippen LogP contribution >= 0.6 is 0 Å². The molecule has 0 aliphatic rings. The third-order valence-corrected chi connectivity index (χ3v) is 8.80. The lowest BCUT2D eigenvalue weighted by Gasteiger charge is -2.37. The van der Waals surface area contributed by atoms with Gasteiger partial charge in [-0.25, -0.2) is 4.79 Å². The molecule has 0 aliphatic carbocycles. The Morgan fingerprint density at radius 3 is 2.43 bits per heavy atom. The molecule has 0 aromatic rings. The van der Waals surface area contributed by atoms with Gasteiger partial charge in [0.25, 0.3) is 0 Å². The van der Waals surface area contributed by atoms with Gasteiger partial charge in [-0.3, -0.25) is 0 Å². The number of esters is 1. The Labute approximate surface area is 142 Å². The minimum Gasteiger partial charge on any atom is -0.459 e. The summed E-state index contributed by atoms with van der Waals surface area (Å²) in [5.41, 5.74) is 0.962. The molecular formula is C18H32O4Si. The molecule has 0 saturated carbocycles. The topological polar surface area (TPSA) is 55.8 Å². The Kier molecular flexibility index (Phi) is 9.44. The molecule has 0 aromatic heterocycles. The van der Waals surface area contributed by atoms with Gasteiger partial charge in [-0.2, -0.15) is 0 Å². The fourth-order valence-corrected chi connectivity index (χ4v) is 2.65. The van der Waals surface area contributed by atoms with E-state index in [2.05, 4.69) is 50.4 Å². The van der Waals surface area contributed by atoms with E-state index in [1.807, 2.05) is 13.0 Å². The third-order valence-electron chi connectivity index (χ3n) is 4.30. The average Bonchev–Trinajstić information content (AvgIpc) is 2.47. The van der Waals surface area contributed by atoms with E-state index in [9.17, 15) is 9.90 Å². The van der Waals surface area contributed by atoms with Gasteiger partial charge in [0.05, 0.1) is 19.8 Å². The van der Waals surface area contributed by atoms with Crippen LogP contribution in [0.3, 0.4) is 0 Å². The summed E-state index contributed by atoms with van der Waals surface area (Å²) in [4.78, 5) is 10.9. The summed E-state index contributed by atoms with van der Waals surface area (Å²) in [6.07, 6.45) is 3.44. The lowest BCUT2D eigenvalue weighted by molar-refractivity contribution is -0.133. The molecular weight excluding hydrogens is 308 g/mol. The van der Waals surface area contributed by atoms with Gasteiger partial charge in [-0.05, 0) is 36.5 Å². The molecule has 0 fully saturated rings. The van der Waals surface area contributed by atoms with Crippen molar-refractivity contribution >= 4 is 14.3 Å². The predicted molar refractivity (Wildman–Crippen MR) is 96.6 cm³/mol. The highest BCUT2D eigenvalue weighted by atomic mass is 28.4. The fraction of sp³-hybridized carbons (Fsp3) is 0.722. The Balaban J connectivity index is 4.51. The van der Waals surface area contributed by atoms with E-state index >= 15 is 0 Å². The largest absolute Gasteiger partial charge is 0.459 e. The van der Waals surface area contributed by atoms with Crippen LogP contribution < -0.4 is 0 Å². The number of hydrogen-bond acceptors (Lipinski definition) is 4. The highest BCUT2D eigenvalue weighted by Crippen LogP contribution is 2.36. The molecule has 0 radical (unpaired) electrons. The minimum absolute atomic E-state index is 0.131. The lowest BCUT2D eigenvalue weighted by atomic mass is 10.1. The van der Waals surface area contributed by atoms with Crippen molar-refractivity contribution in [1.29, 1.82) is 0 Å². The van der Waals surface area contributed by atoms with Gasteiger partial charge in [-0.15, -0.1) is 0 Å². The van der Waals surface area contributed by atoms with Crippen LogP contribution in [0.5, 0.6) is 0 Å². The monoisotopic (exact) mass is 340 g/mol. The second-order valence-electron chi connectivity index (χ2n) is 7.05. The van der Waals surface area contributed by atoms with E-state index < -0.39 is 20.4 Å². The Bertz CT molecular complexity index is 464. The molecule has 0 unspecified atom stereocenters. The van der Waals surface area contributed by atoms with Crippen LogP contribution in [0.15, 0.2) is 11.6 Å². The van der Waals surface area contributed by atoms with Crippen molar-refractivity contribution in [2.45, 2.75) is 71.2 Å². The maximum absolute atomic E-state index is 10.9. The highest BCUT2D eigenvalue weighted by molar-refractivity contribution is 6.74. The molecule has 0 aromatic carbocycles. The number of allylic oxidation sites excluding steroid dienone is 1. The number of hydrogen-bond donors (Lipinski definition) is 1. The minimum atomic E-state index is -1.85. The second-order valence-corrected chi connectivity index (χ2v) is 11.9. The molecule has 1 N–H and O–H groups in total. The molecule has 0 saturated heterocycles. The Morgan fingerprint density at radius 1 is 1.35 bits per heavy atom. The van der Waals surface area contributed by atoms with Crippen molar-refractivity contribution in [3.8, 4) is 11.8 Å². The summed E-state index contributed by atoms with van der Waals surface area (Å²) < 4.78 is 10.5. The van der Waals surface area contributed by atoms with Crippen LogP contribution in [0.1, 0.15) is 47.0 Å². The van der Waals surface area contributed by atoms with E-state index in [1.54, 1.807) is 0 Å². The summed E-state index contributed by atoms with van der Waals surface area (Å²) in [6, 6.07) is 0. The summed E-state index contributed by atoms with van der Waals surface area (Å²) >= 11 is 0. The van der Waals surface area contributed by atoms with Gasteiger partial charge in [-0.1, -0.05) is 39.7 Å². The molecule has 1 atom stereocenters. The van der Waals surface area contributed by atoms with Crippen molar-refractivity contribution in [2.24, 2.45) is 0 Å². The third kappa shape index (κ3) is 8.36. The van der Waals surface area contributed by atoms with Crippen LogP contribution in [0.2, 0.25) is 18.1 Å². The zero-order chi connectivity index (χ0) is 18.1. The normalized spacial score (nSPS) is 14.0. The van der Waals surface area contributed by atoms with E-state index in [4.69, 9.17) is 4.43 Å². The maximum Gasteiger partial charge on any atom is 0.384 e. The first-order chi connectivity index (χ1) is 10.5. The Morgan fingerprint density at radius 2 is 1.96 bits per heavy atom. The standard InChI is InChI=1S/C18H32O4Si/c1-8-15(12-10-9-11-13-17(20)21-5)16(19)14-22-23(6,7)18(2,3)4/h12,16,19H,8-10,14H2,1-7H3/b15-12-/t16-/m1/s1. The van der Waals surface area contributed by atoms with E-state index in [-0.39, 0.29) is 5.04 Å². The number of rotatable bonds is 7. The molecule has 5 heteroatoms. The zero-order valence-corrected chi connectivity index (χ0v) is 16.7. The van der Waals surface area contributed by atoms with Gasteiger partial charge < -0.3 is 14.3 Å². The molecule has 132 valence electrons. The highest BCUT2D eigenvalue weighted by Gasteiger charge is 2.37. The van der Waals surface area contributed by atoms with Gasteiger partial charge in [0.15, 0.2) is 8.32 Å². The smallest absolute Gasteiger partial charge is 0.384 e. The van der Waals surface area contributed by atoms with Crippen molar-refractivity contribution in [3.05, 3.63) is 11.6 Å². The van der Waals surface area contributed by atoms with Crippen LogP contribution in [0.4, 0.5) is 0 Å². The van der Waals surface area contributed by atoms with Crippen molar-refractivity contribution < 1.29 is 19.1 Å². The zero-order valence-electron chi connectivity index (χ0n) is 15.7. The summed E-state index contributed by atoms with van der Waals surface area (Å²) in [7, 11) is -0.538. The van der Waals surface area contributed by atoms with E-state index in [1.165, 1.54) is 7.11 Å². The Hall–Kier alpha value is -1.09. The van der Waals surface area contributed by atoms with E-state index in [0.717, 1.165) is 12.0 Å². The second kappa shape index (κ2) is 9.92. The maximum atomic E-state index is 10.9. The number of methoxy groups -OCH3 is 1. The molecule has 0 heterocycles. The first-order valence-corrected chi connectivity index (χ1v) is 11.0. The van der Waals surface area contributed by atoms with Gasteiger partial charge in [0.1, 0.15) is 0 Å². The van der Waals surface area contributed by atoms with Crippen molar-refractivity contribution in [3.63, 3.8) is 0 Å². The van der Waals surface area contributed by atoms with Crippen LogP contribution in [-0.4, -0.2) is 39.2 Å². The number of carbonyl (C=O) groups excluding carboxylic acids is 1.